The van der Waals surface area contributed by atoms with Crippen LogP contribution in [0.5, 0.6) is 0 Å². The lowest BCUT2D eigenvalue weighted by Gasteiger charge is -2.23. The highest BCUT2D eigenvalue weighted by molar-refractivity contribution is 6.14. The molecule has 1 aromatic carbocycles. The summed E-state index contributed by atoms with van der Waals surface area (Å²) in [4.78, 5) is 4.67. The smallest absolute Gasteiger partial charge is 0.0680 e. The number of hydrogen-bond acceptors (Lipinski definition) is 1. The summed E-state index contributed by atoms with van der Waals surface area (Å²) in [6, 6.07) is 6.43. The van der Waals surface area contributed by atoms with Crippen molar-refractivity contribution in [2.75, 3.05) is 7.05 Å². The van der Waals surface area contributed by atoms with Crippen LogP contribution in [0.1, 0.15) is 58.2 Å². The highest BCUT2D eigenvalue weighted by atomic mass is 14.7. The summed E-state index contributed by atoms with van der Waals surface area (Å²) in [7, 11) is 1.89. The Bertz CT molecular complexity index is 694. The lowest BCUT2D eigenvalue weighted by molar-refractivity contribution is 0.619. The zero-order valence-corrected chi connectivity index (χ0v) is 17.6. The van der Waals surface area contributed by atoms with E-state index in [1.807, 2.05) is 13.1 Å². The fourth-order valence-electron chi connectivity index (χ4n) is 3.81. The second-order valence-electron chi connectivity index (χ2n) is 7.47. The lowest BCUT2D eigenvalue weighted by atomic mass is 9.83. The van der Waals surface area contributed by atoms with Crippen LogP contribution in [0.3, 0.4) is 0 Å². The molecule has 0 aliphatic rings. The van der Waals surface area contributed by atoms with Gasteiger partial charge in [0.05, 0.1) is 5.71 Å². The zero-order valence-electron chi connectivity index (χ0n) is 17.6. The molecule has 0 aromatic heterocycles. The van der Waals surface area contributed by atoms with Crippen LogP contribution in [-0.2, 0) is 0 Å². The second kappa shape index (κ2) is 8.99. The molecule has 25 heavy (non-hydrogen) atoms. The van der Waals surface area contributed by atoms with Gasteiger partial charge >= 0.3 is 0 Å². The van der Waals surface area contributed by atoms with Crippen molar-refractivity contribution in [1.29, 1.82) is 0 Å². The molecule has 1 rings (SSSR count). The minimum absolute atomic E-state index is 0.498. The van der Waals surface area contributed by atoms with Crippen LogP contribution in [0, 0.1) is 25.7 Å². The molecule has 1 nitrogen and oxygen atoms in total. The van der Waals surface area contributed by atoms with E-state index < -0.39 is 0 Å². The summed E-state index contributed by atoms with van der Waals surface area (Å²) in [6.45, 7) is 21.9. The Kier molecular flexibility index (Phi) is 7.60. The van der Waals surface area contributed by atoms with Gasteiger partial charge in [-0.15, -0.1) is 0 Å². The van der Waals surface area contributed by atoms with Crippen molar-refractivity contribution < 1.29 is 0 Å². The van der Waals surface area contributed by atoms with Gasteiger partial charge in [-0.2, -0.15) is 0 Å². The molecule has 0 bridgehead atoms. The third-order valence-corrected chi connectivity index (χ3v) is 5.02. The van der Waals surface area contributed by atoms with E-state index in [1.54, 1.807) is 0 Å². The van der Waals surface area contributed by atoms with Crippen LogP contribution in [0.15, 0.2) is 58.1 Å². The molecule has 0 fully saturated rings. The molecule has 0 radical (unpaired) electrons. The van der Waals surface area contributed by atoms with Crippen molar-refractivity contribution in [2.45, 2.75) is 55.4 Å². The van der Waals surface area contributed by atoms with E-state index in [1.165, 1.54) is 39.0 Å². The van der Waals surface area contributed by atoms with Crippen LogP contribution >= 0.6 is 0 Å². The molecule has 0 saturated heterocycles. The van der Waals surface area contributed by atoms with E-state index in [9.17, 15) is 0 Å². The van der Waals surface area contributed by atoms with Gasteiger partial charge in [0.25, 0.3) is 0 Å². The lowest BCUT2D eigenvalue weighted by Crippen LogP contribution is -2.12. The maximum absolute atomic E-state index is 4.67. The molecule has 0 heterocycles. The van der Waals surface area contributed by atoms with Gasteiger partial charge in [-0.25, -0.2) is 0 Å². The SMILES string of the molecule is C=CC(=C(C(C)C)C(C)C)/C(C)=C(\C)C(=NC)c1c(C)cccc1C. The first-order valence-corrected chi connectivity index (χ1v) is 9.25. The zero-order chi connectivity index (χ0) is 19.3. The largest absolute Gasteiger partial charge is 0.288 e. The van der Waals surface area contributed by atoms with Crippen molar-refractivity contribution >= 4 is 5.71 Å². The Hall–Kier alpha value is -1.89. The number of hydrogen-bond donors (Lipinski definition) is 0. The monoisotopic (exact) mass is 337 g/mol. The maximum Gasteiger partial charge on any atom is 0.0680 e. The highest BCUT2D eigenvalue weighted by Gasteiger charge is 2.18. The summed E-state index contributed by atoms with van der Waals surface area (Å²) in [5.74, 6) is 0.996. The average molecular weight is 338 g/mol. The molecule has 0 saturated carbocycles. The first-order chi connectivity index (χ1) is 11.7. The van der Waals surface area contributed by atoms with Gasteiger partial charge in [0.2, 0.25) is 0 Å². The number of nitrogens with zero attached hydrogens (tertiary/aromatic N) is 1. The first-order valence-electron chi connectivity index (χ1n) is 9.25. The molecular formula is C24H35N. The number of aliphatic imine (C=N–C) groups is 1. The first kappa shape index (κ1) is 21.2. The van der Waals surface area contributed by atoms with Crippen molar-refractivity contribution in [3.05, 3.63) is 69.8 Å². The molecule has 0 unspecified atom stereocenters. The van der Waals surface area contributed by atoms with Gasteiger partial charge < -0.3 is 0 Å². The summed E-state index contributed by atoms with van der Waals surface area (Å²) in [5, 5.41) is 0. The van der Waals surface area contributed by atoms with Gasteiger partial charge in [0, 0.05) is 12.6 Å². The molecule has 0 N–H and O–H groups in total. The summed E-state index contributed by atoms with van der Waals surface area (Å²) in [5.41, 5.74) is 10.1. The van der Waals surface area contributed by atoms with E-state index in [-0.39, 0.29) is 0 Å². The van der Waals surface area contributed by atoms with Gasteiger partial charge in [-0.1, -0.05) is 64.1 Å². The van der Waals surface area contributed by atoms with Gasteiger partial charge in [-0.3, -0.25) is 4.99 Å². The third-order valence-electron chi connectivity index (χ3n) is 5.02. The van der Waals surface area contributed by atoms with Crippen molar-refractivity contribution in [2.24, 2.45) is 16.8 Å². The van der Waals surface area contributed by atoms with E-state index in [4.69, 9.17) is 0 Å². The molecule has 0 amide bonds. The molecular weight excluding hydrogens is 302 g/mol. The third kappa shape index (κ3) is 4.60. The van der Waals surface area contributed by atoms with Gasteiger partial charge in [0.15, 0.2) is 0 Å². The van der Waals surface area contributed by atoms with E-state index in [0.29, 0.717) is 11.8 Å². The van der Waals surface area contributed by atoms with Crippen LogP contribution in [0.2, 0.25) is 0 Å². The summed E-state index contributed by atoms with van der Waals surface area (Å²) < 4.78 is 0. The minimum Gasteiger partial charge on any atom is -0.288 e. The van der Waals surface area contributed by atoms with Crippen molar-refractivity contribution in [3.63, 3.8) is 0 Å². The Labute approximate surface area is 155 Å². The molecule has 0 aliphatic carbocycles. The predicted octanol–water partition coefficient (Wildman–Crippen LogP) is 6.85. The van der Waals surface area contributed by atoms with Crippen LogP contribution in [-0.4, -0.2) is 12.8 Å². The van der Waals surface area contributed by atoms with Gasteiger partial charge in [0.1, 0.15) is 0 Å². The Morgan fingerprint density at radius 1 is 0.960 bits per heavy atom. The Morgan fingerprint density at radius 2 is 1.44 bits per heavy atom. The molecule has 0 aliphatic heterocycles. The predicted molar refractivity (Wildman–Crippen MR) is 114 cm³/mol. The van der Waals surface area contributed by atoms with E-state index >= 15 is 0 Å². The van der Waals surface area contributed by atoms with E-state index in [0.717, 1.165) is 5.71 Å². The number of benzene rings is 1. The molecule has 0 atom stereocenters. The van der Waals surface area contributed by atoms with Crippen LogP contribution < -0.4 is 0 Å². The van der Waals surface area contributed by atoms with Crippen LogP contribution in [0.25, 0.3) is 0 Å². The van der Waals surface area contributed by atoms with E-state index in [2.05, 4.69) is 85.2 Å². The fraction of sp³-hybridized carbons (Fsp3) is 0.458. The minimum atomic E-state index is 0.498. The fourth-order valence-corrected chi connectivity index (χ4v) is 3.81. The number of rotatable bonds is 6. The molecule has 0 spiro atoms. The Morgan fingerprint density at radius 3 is 1.80 bits per heavy atom. The average Bonchev–Trinajstić information content (AvgIpc) is 2.53. The maximum atomic E-state index is 4.67. The summed E-state index contributed by atoms with van der Waals surface area (Å²) in [6.07, 6.45) is 2.02. The molecule has 1 aromatic rings. The Balaban J connectivity index is 3.68. The van der Waals surface area contributed by atoms with Gasteiger partial charge in [-0.05, 0) is 67.4 Å². The normalized spacial score (nSPS) is 13.2. The van der Waals surface area contributed by atoms with Crippen molar-refractivity contribution in [3.8, 4) is 0 Å². The standard InChI is InChI=1S/C24H35N/c1-11-21(22(15(2)3)16(4)5)19(8)20(9)24(25-10)23-17(6)13-12-14-18(23)7/h11-16H,1H2,2-10H3/b20-19+,25-24?. The second-order valence-corrected chi connectivity index (χ2v) is 7.47. The molecule has 1 heteroatoms. The number of aryl methyl sites for hydroxylation is 2. The number of allylic oxidation sites excluding steroid dienone is 5. The highest BCUT2D eigenvalue weighted by Crippen LogP contribution is 2.31. The quantitative estimate of drug-likeness (QED) is 0.397. The van der Waals surface area contributed by atoms with Crippen LogP contribution in [0.4, 0.5) is 0 Å². The summed E-state index contributed by atoms with van der Waals surface area (Å²) >= 11 is 0. The topological polar surface area (TPSA) is 12.4 Å². The molecule has 136 valence electrons. The van der Waals surface area contributed by atoms with Crippen molar-refractivity contribution in [1.82, 2.24) is 0 Å².